The lowest BCUT2D eigenvalue weighted by Crippen LogP contribution is -2.38. The van der Waals surface area contributed by atoms with Gasteiger partial charge in [0.15, 0.2) is 11.5 Å². The maximum absolute atomic E-state index is 12.9. The molecule has 0 atom stereocenters. The van der Waals surface area contributed by atoms with Crippen molar-refractivity contribution in [3.63, 3.8) is 0 Å². The van der Waals surface area contributed by atoms with Crippen molar-refractivity contribution in [3.05, 3.63) is 48.0 Å². The van der Waals surface area contributed by atoms with Crippen LogP contribution in [-0.4, -0.2) is 45.4 Å². The highest BCUT2D eigenvalue weighted by atomic mass is 32.2. The van der Waals surface area contributed by atoms with Gasteiger partial charge in [-0.3, -0.25) is 4.79 Å². The highest BCUT2D eigenvalue weighted by molar-refractivity contribution is 7.89. The van der Waals surface area contributed by atoms with Crippen molar-refractivity contribution in [3.8, 4) is 11.5 Å². The van der Waals surface area contributed by atoms with Crippen molar-refractivity contribution in [1.82, 2.24) is 4.31 Å². The number of rotatable bonds is 8. The number of ether oxygens (including phenoxy) is 2. The summed E-state index contributed by atoms with van der Waals surface area (Å²) < 4.78 is 61.5. The summed E-state index contributed by atoms with van der Waals surface area (Å²) in [5.41, 5.74) is 0.554. The molecule has 2 aromatic rings. The second kappa shape index (κ2) is 10.3. The first-order valence-electron chi connectivity index (χ1n) is 10.2. The van der Waals surface area contributed by atoms with E-state index in [9.17, 15) is 22.0 Å². The average Bonchev–Trinajstić information content (AvgIpc) is 2.79. The number of carbonyl (C=O) groups excluding carboxylic acids is 1. The fraction of sp³-hybridized carbons (Fsp3) is 0.409. The van der Waals surface area contributed by atoms with Gasteiger partial charge >= 0.3 is 6.61 Å². The minimum absolute atomic E-state index is 0.000122. The molecule has 1 fully saturated rings. The highest BCUT2D eigenvalue weighted by Gasteiger charge is 2.29. The Kier molecular flexibility index (Phi) is 7.68. The summed E-state index contributed by atoms with van der Waals surface area (Å²) in [7, 11) is -0.747. The molecule has 1 saturated carbocycles. The Bertz CT molecular complexity index is 1040. The van der Waals surface area contributed by atoms with Gasteiger partial charge < -0.3 is 14.8 Å². The van der Waals surface area contributed by atoms with Crippen molar-refractivity contribution in [2.75, 3.05) is 19.5 Å². The van der Waals surface area contributed by atoms with Gasteiger partial charge in [-0.25, -0.2) is 8.42 Å². The Morgan fingerprint density at radius 2 is 1.72 bits per heavy atom. The zero-order valence-electron chi connectivity index (χ0n) is 17.9. The lowest BCUT2D eigenvalue weighted by molar-refractivity contribution is -0.0512. The number of nitrogens with zero attached hydrogens (tertiary/aromatic N) is 1. The monoisotopic (exact) mass is 468 g/mol. The second-order valence-electron chi connectivity index (χ2n) is 7.54. The zero-order valence-corrected chi connectivity index (χ0v) is 18.7. The molecule has 174 valence electrons. The minimum atomic E-state index is -3.63. The number of sulfonamides is 1. The molecular formula is C22H26F2N2O5S. The summed E-state index contributed by atoms with van der Waals surface area (Å²) in [5.74, 6) is -0.706. The van der Waals surface area contributed by atoms with Gasteiger partial charge in [0.05, 0.1) is 12.0 Å². The van der Waals surface area contributed by atoms with E-state index in [2.05, 4.69) is 10.1 Å². The van der Waals surface area contributed by atoms with E-state index in [0.717, 1.165) is 32.1 Å². The Morgan fingerprint density at radius 1 is 1.06 bits per heavy atom. The number of nitrogens with one attached hydrogen (secondary N) is 1. The predicted molar refractivity (Wildman–Crippen MR) is 116 cm³/mol. The number of halogens is 2. The summed E-state index contributed by atoms with van der Waals surface area (Å²) in [6.07, 6.45) is 4.89. The molecule has 0 aromatic heterocycles. The van der Waals surface area contributed by atoms with Crippen molar-refractivity contribution >= 4 is 21.6 Å². The first kappa shape index (κ1) is 23.9. The van der Waals surface area contributed by atoms with Crippen molar-refractivity contribution < 1.29 is 31.5 Å². The first-order valence-corrected chi connectivity index (χ1v) is 11.7. The fourth-order valence-electron chi connectivity index (χ4n) is 3.72. The van der Waals surface area contributed by atoms with E-state index in [-0.39, 0.29) is 28.0 Å². The van der Waals surface area contributed by atoms with Crippen LogP contribution >= 0.6 is 0 Å². The average molecular weight is 469 g/mol. The number of benzene rings is 2. The molecule has 1 amide bonds. The lowest BCUT2D eigenvalue weighted by atomic mass is 9.96. The smallest absolute Gasteiger partial charge is 0.387 e. The van der Waals surface area contributed by atoms with Gasteiger partial charge in [-0.1, -0.05) is 19.3 Å². The van der Waals surface area contributed by atoms with Crippen molar-refractivity contribution in [2.45, 2.75) is 49.7 Å². The Labute approximate surface area is 186 Å². The Hall–Kier alpha value is -2.72. The molecule has 32 heavy (non-hydrogen) atoms. The van der Waals surface area contributed by atoms with Crippen LogP contribution in [0.1, 0.15) is 42.5 Å². The minimum Gasteiger partial charge on any atom is -0.493 e. The van der Waals surface area contributed by atoms with Crippen LogP contribution in [0.15, 0.2) is 47.4 Å². The van der Waals surface area contributed by atoms with E-state index >= 15 is 0 Å². The number of hydrogen-bond acceptors (Lipinski definition) is 5. The zero-order chi connectivity index (χ0) is 23.3. The van der Waals surface area contributed by atoms with Crippen LogP contribution < -0.4 is 14.8 Å². The third-order valence-electron chi connectivity index (χ3n) is 5.52. The molecule has 0 heterocycles. The first-order chi connectivity index (χ1) is 15.2. The van der Waals surface area contributed by atoms with Crippen LogP contribution in [0.25, 0.3) is 0 Å². The molecule has 1 aliphatic rings. The van der Waals surface area contributed by atoms with Crippen LogP contribution in [0.2, 0.25) is 0 Å². The Morgan fingerprint density at radius 3 is 2.31 bits per heavy atom. The van der Waals surface area contributed by atoms with Gasteiger partial charge in [0, 0.05) is 24.3 Å². The van der Waals surface area contributed by atoms with Gasteiger partial charge in [-0.2, -0.15) is 13.1 Å². The quantitative estimate of drug-likeness (QED) is 0.617. The van der Waals surface area contributed by atoms with Crippen LogP contribution in [-0.2, 0) is 10.0 Å². The molecule has 0 saturated heterocycles. The molecule has 0 bridgehead atoms. The molecule has 0 spiro atoms. The third kappa shape index (κ3) is 5.55. The molecule has 0 aliphatic heterocycles. The lowest BCUT2D eigenvalue weighted by Gasteiger charge is -2.30. The molecule has 3 rings (SSSR count). The van der Waals surface area contributed by atoms with Gasteiger partial charge in [0.25, 0.3) is 5.91 Å². The van der Waals surface area contributed by atoms with E-state index in [1.165, 1.54) is 53.9 Å². The van der Waals surface area contributed by atoms with E-state index in [1.54, 1.807) is 7.05 Å². The van der Waals surface area contributed by atoms with Gasteiger partial charge in [0.2, 0.25) is 10.0 Å². The molecule has 7 nitrogen and oxygen atoms in total. The molecule has 0 radical (unpaired) electrons. The SMILES string of the molecule is COc1cc(C(=O)Nc2ccc(S(=O)(=O)N(C)C3CCCCC3)cc2)ccc1OC(F)F. The summed E-state index contributed by atoms with van der Waals surface area (Å²) in [6.45, 7) is -3.02. The molecule has 1 aliphatic carbocycles. The number of methoxy groups -OCH3 is 1. The van der Waals surface area contributed by atoms with E-state index in [4.69, 9.17) is 4.74 Å². The summed E-state index contributed by atoms with van der Waals surface area (Å²) in [4.78, 5) is 12.7. The topological polar surface area (TPSA) is 84.9 Å². The fourth-order valence-corrected chi connectivity index (χ4v) is 5.14. The standard InChI is InChI=1S/C22H26F2N2O5S/c1-26(17-6-4-3-5-7-17)32(28,29)18-11-9-16(10-12-18)25-21(27)15-8-13-19(31-22(23)24)20(14-15)30-2/h8-14,17,22H,3-7H2,1-2H3,(H,25,27). The largest absolute Gasteiger partial charge is 0.493 e. The highest BCUT2D eigenvalue weighted by Crippen LogP contribution is 2.30. The van der Waals surface area contributed by atoms with E-state index < -0.39 is 22.5 Å². The van der Waals surface area contributed by atoms with Crippen LogP contribution in [0.3, 0.4) is 0 Å². The van der Waals surface area contributed by atoms with Crippen LogP contribution in [0.5, 0.6) is 11.5 Å². The van der Waals surface area contributed by atoms with Crippen LogP contribution in [0.4, 0.5) is 14.5 Å². The maximum Gasteiger partial charge on any atom is 0.387 e. The van der Waals surface area contributed by atoms with E-state index in [0.29, 0.717) is 5.69 Å². The summed E-state index contributed by atoms with van der Waals surface area (Å²) in [5, 5.41) is 2.65. The third-order valence-corrected chi connectivity index (χ3v) is 7.44. The number of hydrogen-bond donors (Lipinski definition) is 1. The normalized spacial score (nSPS) is 15.1. The van der Waals surface area contributed by atoms with Crippen molar-refractivity contribution in [1.29, 1.82) is 0 Å². The molecule has 1 N–H and O–H groups in total. The molecule has 2 aromatic carbocycles. The number of anilines is 1. The summed E-state index contributed by atoms with van der Waals surface area (Å²) in [6, 6.07) is 9.74. The summed E-state index contributed by atoms with van der Waals surface area (Å²) >= 11 is 0. The maximum atomic E-state index is 12.9. The van der Waals surface area contributed by atoms with E-state index in [1.807, 2.05) is 0 Å². The molecular weight excluding hydrogens is 442 g/mol. The number of alkyl halides is 2. The second-order valence-corrected chi connectivity index (χ2v) is 9.53. The van der Waals surface area contributed by atoms with Crippen molar-refractivity contribution in [2.24, 2.45) is 0 Å². The Balaban J connectivity index is 1.70. The number of amides is 1. The molecule has 10 heteroatoms. The van der Waals surface area contributed by atoms with Gasteiger partial charge in [-0.15, -0.1) is 0 Å². The number of carbonyl (C=O) groups is 1. The predicted octanol–water partition coefficient (Wildman–Crippen LogP) is 4.50. The van der Waals surface area contributed by atoms with Gasteiger partial charge in [0.1, 0.15) is 0 Å². The van der Waals surface area contributed by atoms with Crippen LogP contribution in [0, 0.1) is 0 Å². The van der Waals surface area contributed by atoms with Gasteiger partial charge in [-0.05, 0) is 55.3 Å². The molecule has 0 unspecified atom stereocenters.